The van der Waals surface area contributed by atoms with Crippen molar-refractivity contribution in [2.75, 3.05) is 0 Å². The van der Waals surface area contributed by atoms with E-state index in [4.69, 9.17) is 4.98 Å². The first-order valence-electron chi connectivity index (χ1n) is 16.3. The average Bonchev–Trinajstić information content (AvgIpc) is 3.26. The Morgan fingerprint density at radius 1 is 0.630 bits per heavy atom. The average molecular weight is 783 g/mol. The van der Waals surface area contributed by atoms with Gasteiger partial charge in [-0.3, -0.25) is 0 Å². The zero-order chi connectivity index (χ0) is 32.2. The summed E-state index contributed by atoms with van der Waals surface area (Å²) in [4.78, 5) is 9.48. The summed E-state index contributed by atoms with van der Waals surface area (Å²) < 4.78 is 0. The van der Waals surface area contributed by atoms with E-state index in [-0.39, 0.29) is 41.8 Å². The van der Waals surface area contributed by atoms with Crippen LogP contribution in [0.2, 0.25) is 0 Å². The number of fused-ring (bicyclic) bond motifs is 4. The first kappa shape index (κ1) is 34.0. The van der Waals surface area contributed by atoms with Crippen LogP contribution in [0, 0.1) is 12.1 Å². The number of aromatic nitrogens is 2. The van der Waals surface area contributed by atoms with E-state index in [2.05, 4.69) is 140 Å². The SMILES string of the molecule is CC(C)(C)c1ccc(-c2[c-]cccc2)nc1.CC1(C)CCC(C)(C)c2cc(-c3[c-]ccc4c3C(C)(C)c3ccccc3-4)ncc21.[Ir]. The Labute approximate surface area is 290 Å². The van der Waals surface area contributed by atoms with Gasteiger partial charge in [0.1, 0.15) is 0 Å². The molecular formula is C43H46IrN2-2. The molecule has 3 heteroatoms. The van der Waals surface area contributed by atoms with E-state index in [1.165, 1.54) is 51.8 Å². The smallest absolute Gasteiger partial charge is 0.0201 e. The van der Waals surface area contributed by atoms with Crippen LogP contribution in [-0.4, -0.2) is 9.97 Å². The Bertz CT molecular complexity index is 1840. The summed E-state index contributed by atoms with van der Waals surface area (Å²) in [6, 6.07) is 34.3. The molecule has 0 saturated heterocycles. The fourth-order valence-electron chi connectivity index (χ4n) is 7.11. The van der Waals surface area contributed by atoms with Crippen LogP contribution in [0.15, 0.2) is 91.3 Å². The molecule has 0 bridgehead atoms. The number of hydrogen-bond acceptors (Lipinski definition) is 2. The summed E-state index contributed by atoms with van der Waals surface area (Å²) >= 11 is 0. The topological polar surface area (TPSA) is 25.8 Å². The van der Waals surface area contributed by atoms with Crippen molar-refractivity contribution < 1.29 is 20.1 Å². The Morgan fingerprint density at radius 3 is 1.96 bits per heavy atom. The van der Waals surface area contributed by atoms with Crippen LogP contribution in [0.25, 0.3) is 33.6 Å². The van der Waals surface area contributed by atoms with Crippen molar-refractivity contribution in [3.63, 3.8) is 0 Å². The Hall–Kier alpha value is -3.39. The molecule has 3 aromatic carbocycles. The van der Waals surface area contributed by atoms with Crippen molar-refractivity contribution in [2.45, 2.75) is 96.8 Å². The fourth-order valence-corrected chi connectivity index (χ4v) is 7.11. The van der Waals surface area contributed by atoms with Gasteiger partial charge in [0.15, 0.2) is 0 Å². The quantitative estimate of drug-likeness (QED) is 0.167. The normalized spacial score (nSPS) is 16.5. The van der Waals surface area contributed by atoms with E-state index < -0.39 is 0 Å². The maximum Gasteiger partial charge on any atom is 0.0201 e. The van der Waals surface area contributed by atoms with Crippen molar-refractivity contribution in [1.29, 1.82) is 0 Å². The second kappa shape index (κ2) is 12.3. The minimum absolute atomic E-state index is 0. The van der Waals surface area contributed by atoms with Gasteiger partial charge in [0.05, 0.1) is 0 Å². The standard InChI is InChI=1S/C28H30N.C15H16N.Ir/c1-26(2)14-15-27(3,4)23-17-29-24(16-22(23)26)20-12-9-11-19-18-10-7-8-13-21(18)28(5,6)25(19)20;1-15(2,3)13-9-10-14(16-11-13)12-7-5-4-6-8-12;/h7-11,13,16-17H,14-15H2,1-6H3;4-7,9-11H,1-3H3;/q2*-1;. The molecule has 2 nitrogen and oxygen atoms in total. The predicted molar refractivity (Wildman–Crippen MR) is 189 cm³/mol. The van der Waals surface area contributed by atoms with Gasteiger partial charge in [-0.1, -0.05) is 110 Å². The van der Waals surface area contributed by atoms with Crippen LogP contribution in [0.4, 0.5) is 0 Å². The Morgan fingerprint density at radius 2 is 1.30 bits per heavy atom. The molecule has 2 aliphatic rings. The van der Waals surface area contributed by atoms with E-state index in [0.717, 1.165) is 22.5 Å². The second-order valence-corrected chi connectivity index (χ2v) is 15.7. The van der Waals surface area contributed by atoms with Crippen molar-refractivity contribution in [3.8, 4) is 33.6 Å². The summed E-state index contributed by atoms with van der Waals surface area (Å²) in [5.74, 6) is 0. The predicted octanol–water partition coefficient (Wildman–Crippen LogP) is 11.0. The van der Waals surface area contributed by atoms with Crippen molar-refractivity contribution in [2.24, 2.45) is 0 Å². The fraction of sp³-hybridized carbons (Fsp3) is 0.349. The van der Waals surface area contributed by atoms with Gasteiger partial charge in [0, 0.05) is 32.5 Å². The second-order valence-electron chi connectivity index (χ2n) is 15.7. The van der Waals surface area contributed by atoms with Gasteiger partial charge in [-0.25, -0.2) is 0 Å². The van der Waals surface area contributed by atoms with Gasteiger partial charge >= 0.3 is 0 Å². The molecule has 0 aliphatic heterocycles. The molecule has 2 aliphatic carbocycles. The molecule has 1 radical (unpaired) electrons. The number of nitrogens with zero attached hydrogens (tertiary/aromatic N) is 2. The van der Waals surface area contributed by atoms with E-state index in [0.29, 0.717) is 0 Å². The minimum Gasteiger partial charge on any atom is -0.304 e. The van der Waals surface area contributed by atoms with Crippen LogP contribution in [0.3, 0.4) is 0 Å². The first-order chi connectivity index (χ1) is 21.2. The summed E-state index contributed by atoms with van der Waals surface area (Å²) in [5, 5.41) is 0. The van der Waals surface area contributed by atoms with Crippen molar-refractivity contribution in [3.05, 3.63) is 131 Å². The van der Waals surface area contributed by atoms with Crippen LogP contribution >= 0.6 is 0 Å². The molecule has 0 amide bonds. The third-order valence-electron chi connectivity index (χ3n) is 10.1. The largest absolute Gasteiger partial charge is 0.304 e. The Kier molecular flexibility index (Phi) is 9.10. The van der Waals surface area contributed by atoms with Gasteiger partial charge in [0.2, 0.25) is 0 Å². The van der Waals surface area contributed by atoms with Crippen molar-refractivity contribution in [1.82, 2.24) is 9.97 Å². The van der Waals surface area contributed by atoms with E-state index >= 15 is 0 Å². The van der Waals surface area contributed by atoms with Gasteiger partial charge in [-0.15, -0.1) is 65.2 Å². The van der Waals surface area contributed by atoms with Gasteiger partial charge in [-0.2, -0.15) is 0 Å². The zero-order valence-corrected chi connectivity index (χ0v) is 31.2. The van der Waals surface area contributed by atoms with Crippen LogP contribution in [0.1, 0.15) is 103 Å². The van der Waals surface area contributed by atoms with Crippen LogP contribution in [0.5, 0.6) is 0 Å². The summed E-state index contributed by atoms with van der Waals surface area (Å²) in [6.07, 6.45) is 6.53. The molecule has 2 aromatic heterocycles. The maximum atomic E-state index is 5.00. The molecule has 0 atom stereocenters. The summed E-state index contributed by atoms with van der Waals surface area (Å²) in [7, 11) is 0. The summed E-state index contributed by atoms with van der Waals surface area (Å²) in [6.45, 7) is 20.7. The zero-order valence-electron chi connectivity index (χ0n) is 28.8. The third kappa shape index (κ3) is 6.17. The minimum atomic E-state index is -0.0502. The van der Waals surface area contributed by atoms with E-state index in [1.807, 2.05) is 30.5 Å². The van der Waals surface area contributed by atoms with Gasteiger partial charge in [0.25, 0.3) is 0 Å². The molecule has 0 spiro atoms. The van der Waals surface area contributed by atoms with Crippen LogP contribution in [-0.2, 0) is 41.8 Å². The first-order valence-corrected chi connectivity index (χ1v) is 16.3. The van der Waals surface area contributed by atoms with Crippen molar-refractivity contribution >= 4 is 0 Å². The molecule has 239 valence electrons. The molecular weight excluding hydrogens is 737 g/mol. The van der Waals surface area contributed by atoms with E-state index in [9.17, 15) is 0 Å². The molecule has 0 saturated carbocycles. The molecule has 0 unspecified atom stereocenters. The Balaban J connectivity index is 0.000000209. The maximum absolute atomic E-state index is 5.00. The monoisotopic (exact) mass is 783 g/mol. The molecule has 0 N–H and O–H groups in total. The molecule has 0 fully saturated rings. The molecule has 46 heavy (non-hydrogen) atoms. The number of rotatable bonds is 2. The van der Waals surface area contributed by atoms with E-state index in [1.54, 1.807) is 0 Å². The van der Waals surface area contributed by atoms with Crippen LogP contribution < -0.4 is 0 Å². The van der Waals surface area contributed by atoms with Gasteiger partial charge in [-0.05, 0) is 73.7 Å². The summed E-state index contributed by atoms with van der Waals surface area (Å²) in [5.41, 5.74) is 14.3. The molecule has 5 aromatic rings. The molecule has 2 heterocycles. The van der Waals surface area contributed by atoms with Gasteiger partial charge < -0.3 is 9.97 Å². The number of hydrogen-bond donors (Lipinski definition) is 0. The molecule has 7 rings (SSSR count). The number of benzene rings is 3. The third-order valence-corrected chi connectivity index (χ3v) is 10.1. The number of pyridine rings is 2.